The molecule has 20 heavy (non-hydrogen) atoms. The Kier molecular flexibility index (Phi) is 5.64. The van der Waals surface area contributed by atoms with Crippen molar-refractivity contribution in [2.45, 2.75) is 24.2 Å². The van der Waals surface area contributed by atoms with Crippen molar-refractivity contribution in [1.29, 1.82) is 0 Å². The lowest BCUT2D eigenvalue weighted by atomic mass is 10.2. The Morgan fingerprint density at radius 2 is 1.65 bits per heavy atom. The maximum atomic E-state index is 12.0. The third-order valence-corrected chi connectivity index (χ3v) is 8.05. The smallest absolute Gasteiger partial charge is 0.282 e. The van der Waals surface area contributed by atoms with Crippen molar-refractivity contribution in [3.63, 3.8) is 0 Å². The van der Waals surface area contributed by atoms with Gasteiger partial charge in [-0.2, -0.15) is 0 Å². The molecule has 0 bridgehead atoms. The van der Waals surface area contributed by atoms with E-state index in [0.29, 0.717) is 6.42 Å². The number of carbonyl (C=O) groups excluding carboxylic acids is 1. The average Bonchev–Trinajstić information content (AvgIpc) is 2.44. The Hall–Kier alpha value is -1.47. The van der Waals surface area contributed by atoms with E-state index in [1.165, 1.54) is 24.3 Å². The summed E-state index contributed by atoms with van der Waals surface area (Å²) in [7, 11) is -8.66. The summed E-state index contributed by atoms with van der Waals surface area (Å²) in [6.45, 7) is 3.30. The highest BCUT2D eigenvalue weighted by atomic mass is 33.2. The first-order chi connectivity index (χ1) is 9.31. The lowest BCUT2D eigenvalue weighted by molar-refractivity contribution is -0.114. The molecular weight excluding hydrogens is 300 g/mol. The fraction of sp³-hybridized carbons (Fsp3) is 0.308. The second kappa shape index (κ2) is 6.81. The van der Waals surface area contributed by atoms with Crippen molar-refractivity contribution in [1.82, 2.24) is 0 Å². The first kappa shape index (κ1) is 16.6. The lowest BCUT2D eigenvalue weighted by Crippen LogP contribution is -2.19. The Labute approximate surface area is 118 Å². The monoisotopic (exact) mass is 316 g/mol. The maximum Gasteiger partial charge on any atom is 0.282 e. The van der Waals surface area contributed by atoms with Crippen molar-refractivity contribution < 1.29 is 21.6 Å². The summed E-state index contributed by atoms with van der Waals surface area (Å²) in [4.78, 5) is 10.7. The van der Waals surface area contributed by atoms with Gasteiger partial charge in [-0.15, -0.1) is 0 Å². The van der Waals surface area contributed by atoms with Gasteiger partial charge in [-0.1, -0.05) is 24.8 Å². The molecule has 0 aliphatic heterocycles. The normalized spacial score (nSPS) is 12.0. The van der Waals surface area contributed by atoms with Crippen LogP contribution in [0.5, 0.6) is 0 Å². The van der Waals surface area contributed by atoms with Crippen molar-refractivity contribution in [2.75, 3.05) is 5.75 Å². The second-order valence-corrected chi connectivity index (χ2v) is 9.90. The van der Waals surface area contributed by atoms with Crippen LogP contribution < -0.4 is 0 Å². The van der Waals surface area contributed by atoms with Gasteiger partial charge in [0.2, 0.25) is 0 Å². The fourth-order valence-corrected chi connectivity index (χ4v) is 5.31. The maximum absolute atomic E-state index is 12.0. The van der Waals surface area contributed by atoms with E-state index in [-0.39, 0.29) is 23.5 Å². The molecule has 7 heteroatoms. The molecule has 1 aromatic rings. The molecule has 0 radical (unpaired) electrons. The summed E-state index contributed by atoms with van der Waals surface area (Å²) in [6, 6.07) is 7.02. The van der Waals surface area contributed by atoms with Gasteiger partial charge in [0.05, 0.1) is 10.6 Å². The molecular formula is C13H16O5S2. The minimum atomic E-state index is -4.38. The van der Waals surface area contributed by atoms with Gasteiger partial charge in [0.25, 0.3) is 17.7 Å². The summed E-state index contributed by atoms with van der Waals surface area (Å²) < 4.78 is 47.7. The van der Waals surface area contributed by atoms with Gasteiger partial charge >= 0.3 is 0 Å². The molecule has 0 atom stereocenters. The minimum absolute atomic E-state index is 0.119. The molecule has 0 heterocycles. The van der Waals surface area contributed by atoms with Crippen LogP contribution in [-0.4, -0.2) is 28.4 Å². The highest BCUT2D eigenvalue weighted by molar-refractivity contribution is 8.67. The Morgan fingerprint density at radius 3 is 2.20 bits per heavy atom. The van der Waals surface area contributed by atoms with Crippen LogP contribution in [-0.2, 0) is 22.5 Å². The second-order valence-electron chi connectivity index (χ2n) is 4.16. The molecule has 110 valence electrons. The van der Waals surface area contributed by atoms with Crippen LogP contribution in [0.15, 0.2) is 47.9 Å². The topological polar surface area (TPSA) is 85.3 Å². The van der Waals surface area contributed by atoms with E-state index in [2.05, 4.69) is 6.58 Å². The van der Waals surface area contributed by atoms with E-state index < -0.39 is 23.5 Å². The molecule has 1 aromatic carbocycles. The van der Waals surface area contributed by atoms with Crippen LogP contribution in [0, 0.1) is 0 Å². The van der Waals surface area contributed by atoms with Crippen LogP contribution >= 0.6 is 0 Å². The molecule has 0 spiro atoms. The van der Waals surface area contributed by atoms with Gasteiger partial charge < -0.3 is 0 Å². The number of hydrogen-bond acceptors (Lipinski definition) is 5. The summed E-state index contributed by atoms with van der Waals surface area (Å²) in [5.41, 5.74) is 0. The van der Waals surface area contributed by atoms with Crippen molar-refractivity contribution in [3.05, 3.63) is 43.0 Å². The van der Waals surface area contributed by atoms with Gasteiger partial charge in [0.1, 0.15) is 0 Å². The molecule has 0 aromatic heterocycles. The van der Waals surface area contributed by atoms with E-state index in [1.54, 1.807) is 6.07 Å². The molecule has 0 saturated heterocycles. The average molecular weight is 316 g/mol. The van der Waals surface area contributed by atoms with Crippen LogP contribution in [0.25, 0.3) is 0 Å². The molecule has 0 aliphatic rings. The zero-order valence-corrected chi connectivity index (χ0v) is 12.5. The first-order valence-corrected chi connectivity index (χ1v) is 9.64. The van der Waals surface area contributed by atoms with Crippen LogP contribution in [0.2, 0.25) is 0 Å². The number of ketones is 1. The number of unbranched alkanes of at least 4 members (excludes halogenated alkanes) is 1. The Bertz CT molecular complexity index is 673. The Balaban J connectivity index is 2.74. The number of rotatable bonds is 8. The van der Waals surface area contributed by atoms with Gasteiger partial charge in [0, 0.05) is 6.42 Å². The van der Waals surface area contributed by atoms with E-state index in [0.717, 1.165) is 6.08 Å². The highest BCUT2D eigenvalue weighted by Crippen LogP contribution is 2.18. The molecule has 0 aliphatic carbocycles. The standard InChI is InChI=1S/C13H16O5S2/c1-2-12(14)8-6-7-11-19(15,16)20(17,18)13-9-4-3-5-10-13/h2-5,9-10H,1,6-8,11H2. The van der Waals surface area contributed by atoms with Gasteiger partial charge in [-0.3, -0.25) is 4.79 Å². The molecule has 0 saturated carbocycles. The first-order valence-electron chi connectivity index (χ1n) is 5.99. The van der Waals surface area contributed by atoms with Crippen LogP contribution in [0.3, 0.4) is 0 Å². The van der Waals surface area contributed by atoms with E-state index in [1.807, 2.05) is 0 Å². The summed E-state index contributed by atoms with van der Waals surface area (Å²) in [6.07, 6.45) is 1.77. The highest BCUT2D eigenvalue weighted by Gasteiger charge is 2.30. The third-order valence-electron chi connectivity index (χ3n) is 2.66. The van der Waals surface area contributed by atoms with E-state index >= 15 is 0 Å². The predicted octanol–water partition coefficient (Wildman–Crippen LogP) is 1.72. The van der Waals surface area contributed by atoms with Crippen molar-refractivity contribution in [2.24, 2.45) is 0 Å². The molecule has 0 amide bonds. The lowest BCUT2D eigenvalue weighted by Gasteiger charge is -2.05. The molecule has 0 N–H and O–H groups in total. The minimum Gasteiger partial charge on any atom is -0.295 e. The van der Waals surface area contributed by atoms with Crippen LogP contribution in [0.4, 0.5) is 0 Å². The van der Waals surface area contributed by atoms with Crippen LogP contribution in [0.1, 0.15) is 19.3 Å². The molecule has 1 rings (SSSR count). The zero-order chi connectivity index (χ0) is 15.2. The largest absolute Gasteiger partial charge is 0.295 e. The molecule has 5 nitrogen and oxygen atoms in total. The molecule has 0 fully saturated rings. The van der Waals surface area contributed by atoms with Gasteiger partial charge in [0.15, 0.2) is 5.78 Å². The summed E-state index contributed by atoms with van der Waals surface area (Å²) in [5.74, 6) is -0.678. The van der Waals surface area contributed by atoms with Crippen molar-refractivity contribution in [3.8, 4) is 0 Å². The SMILES string of the molecule is C=CC(=O)CCCCS(=O)(=O)S(=O)(=O)c1ccccc1. The quantitative estimate of drug-likeness (QED) is 0.414. The molecule has 0 unspecified atom stereocenters. The Morgan fingerprint density at radius 1 is 1.05 bits per heavy atom. The van der Waals surface area contributed by atoms with Gasteiger partial charge in [-0.05, 0) is 31.1 Å². The summed E-state index contributed by atoms with van der Waals surface area (Å²) >= 11 is 0. The number of benzene rings is 1. The zero-order valence-electron chi connectivity index (χ0n) is 10.9. The number of hydrogen-bond donors (Lipinski definition) is 0. The van der Waals surface area contributed by atoms with E-state index in [4.69, 9.17) is 0 Å². The summed E-state index contributed by atoms with van der Waals surface area (Å²) in [5, 5.41) is 0. The fourth-order valence-electron chi connectivity index (χ4n) is 1.52. The van der Waals surface area contributed by atoms with Crippen molar-refractivity contribution >= 4 is 23.5 Å². The third kappa shape index (κ3) is 4.01. The number of carbonyl (C=O) groups is 1. The van der Waals surface area contributed by atoms with E-state index in [9.17, 15) is 21.6 Å². The number of allylic oxidation sites excluding steroid dienone is 1. The van der Waals surface area contributed by atoms with Gasteiger partial charge in [-0.25, -0.2) is 16.8 Å². The predicted molar refractivity (Wildman–Crippen MR) is 76.5 cm³/mol.